The van der Waals surface area contributed by atoms with E-state index in [1.807, 2.05) is 18.2 Å². The van der Waals surface area contributed by atoms with Gasteiger partial charge in [0.15, 0.2) is 0 Å². The fourth-order valence-corrected chi connectivity index (χ4v) is 1.82. The van der Waals surface area contributed by atoms with E-state index in [1.54, 1.807) is 6.92 Å². The Hall–Kier alpha value is -0.580. The van der Waals surface area contributed by atoms with Crippen LogP contribution in [0.25, 0.3) is 0 Å². The molecule has 0 bridgehead atoms. The van der Waals surface area contributed by atoms with Crippen molar-refractivity contribution in [2.75, 3.05) is 6.61 Å². The van der Waals surface area contributed by atoms with Gasteiger partial charge in [-0.1, -0.05) is 29.8 Å². The number of ether oxygens (including phenoxy) is 1. The predicted octanol–water partition coefficient (Wildman–Crippen LogP) is 3.10. The summed E-state index contributed by atoms with van der Waals surface area (Å²) in [6.45, 7) is 7.36. The van der Waals surface area contributed by atoms with Crippen LogP contribution in [0.4, 0.5) is 0 Å². The zero-order valence-electron chi connectivity index (χ0n) is 11.2. The second kappa shape index (κ2) is 7.77. The highest BCUT2D eigenvalue weighted by Gasteiger charge is 2.04. The molecule has 4 heteroatoms. The molecule has 0 saturated heterocycles. The maximum absolute atomic E-state index is 9.18. The van der Waals surface area contributed by atoms with Crippen molar-refractivity contribution in [3.05, 3.63) is 28.2 Å². The molecule has 0 aliphatic rings. The van der Waals surface area contributed by atoms with Crippen molar-refractivity contribution in [3.8, 4) is 5.75 Å². The number of hydrogen-bond donors (Lipinski definition) is 2. The molecule has 0 amide bonds. The molecular formula is C14H22BrNO2. The monoisotopic (exact) mass is 315 g/mol. The summed E-state index contributed by atoms with van der Waals surface area (Å²) in [4.78, 5) is 0. The average molecular weight is 316 g/mol. The second-order valence-electron chi connectivity index (χ2n) is 4.77. The minimum Gasteiger partial charge on any atom is -0.493 e. The minimum atomic E-state index is -0.317. The van der Waals surface area contributed by atoms with Gasteiger partial charge >= 0.3 is 0 Å². The molecule has 0 fully saturated rings. The SMILES string of the molecule is CC(O)CCOc1ccc(Br)c(CNC(C)C)c1. The van der Waals surface area contributed by atoms with Crippen LogP contribution in [0.1, 0.15) is 32.8 Å². The van der Waals surface area contributed by atoms with E-state index in [0.717, 1.165) is 16.8 Å². The molecule has 0 spiro atoms. The van der Waals surface area contributed by atoms with E-state index in [9.17, 15) is 5.11 Å². The van der Waals surface area contributed by atoms with Gasteiger partial charge in [0, 0.05) is 23.5 Å². The summed E-state index contributed by atoms with van der Waals surface area (Å²) in [5, 5.41) is 12.6. The first kappa shape index (κ1) is 15.5. The molecule has 1 aromatic rings. The van der Waals surface area contributed by atoms with Crippen molar-refractivity contribution in [1.82, 2.24) is 5.32 Å². The summed E-state index contributed by atoms with van der Waals surface area (Å²) in [6.07, 6.45) is 0.331. The fourth-order valence-electron chi connectivity index (χ4n) is 1.44. The molecule has 1 unspecified atom stereocenters. The van der Waals surface area contributed by atoms with Gasteiger partial charge in [-0.3, -0.25) is 0 Å². The first-order chi connectivity index (χ1) is 8.49. The fraction of sp³-hybridized carbons (Fsp3) is 0.571. The predicted molar refractivity (Wildman–Crippen MR) is 77.9 cm³/mol. The Morgan fingerprint density at radius 1 is 1.33 bits per heavy atom. The Balaban J connectivity index is 2.56. The quantitative estimate of drug-likeness (QED) is 0.812. The lowest BCUT2D eigenvalue weighted by Crippen LogP contribution is -2.22. The highest BCUT2D eigenvalue weighted by Crippen LogP contribution is 2.22. The lowest BCUT2D eigenvalue weighted by atomic mass is 10.2. The molecule has 0 heterocycles. The van der Waals surface area contributed by atoms with Crippen LogP contribution >= 0.6 is 15.9 Å². The smallest absolute Gasteiger partial charge is 0.119 e. The van der Waals surface area contributed by atoms with E-state index in [1.165, 1.54) is 5.56 Å². The lowest BCUT2D eigenvalue weighted by molar-refractivity contribution is 0.155. The molecule has 0 aliphatic carbocycles. The maximum atomic E-state index is 9.18. The van der Waals surface area contributed by atoms with Crippen LogP contribution in [0.3, 0.4) is 0 Å². The van der Waals surface area contributed by atoms with Gasteiger partial charge in [0.1, 0.15) is 5.75 Å². The Morgan fingerprint density at radius 2 is 2.06 bits per heavy atom. The molecule has 0 radical (unpaired) electrons. The van der Waals surface area contributed by atoms with E-state index in [2.05, 4.69) is 35.1 Å². The normalized spacial score (nSPS) is 12.8. The summed E-state index contributed by atoms with van der Waals surface area (Å²) < 4.78 is 6.69. The van der Waals surface area contributed by atoms with E-state index in [4.69, 9.17) is 4.74 Å². The van der Waals surface area contributed by atoms with Gasteiger partial charge in [0.25, 0.3) is 0 Å². The summed E-state index contributed by atoms with van der Waals surface area (Å²) >= 11 is 3.54. The van der Waals surface area contributed by atoms with Crippen molar-refractivity contribution in [2.45, 2.75) is 45.9 Å². The number of aliphatic hydroxyl groups is 1. The minimum absolute atomic E-state index is 0.317. The molecule has 102 valence electrons. The van der Waals surface area contributed by atoms with Crippen molar-refractivity contribution in [3.63, 3.8) is 0 Å². The van der Waals surface area contributed by atoms with E-state index in [-0.39, 0.29) is 6.10 Å². The van der Waals surface area contributed by atoms with Crippen molar-refractivity contribution < 1.29 is 9.84 Å². The molecular weight excluding hydrogens is 294 g/mol. The highest BCUT2D eigenvalue weighted by atomic mass is 79.9. The van der Waals surface area contributed by atoms with Crippen LogP contribution in [0.15, 0.2) is 22.7 Å². The maximum Gasteiger partial charge on any atom is 0.119 e. The lowest BCUT2D eigenvalue weighted by Gasteiger charge is -2.12. The van der Waals surface area contributed by atoms with Gasteiger partial charge in [-0.25, -0.2) is 0 Å². The van der Waals surface area contributed by atoms with Crippen molar-refractivity contribution in [2.24, 2.45) is 0 Å². The summed E-state index contributed by atoms with van der Waals surface area (Å²) in [6, 6.07) is 6.42. The topological polar surface area (TPSA) is 41.5 Å². The zero-order chi connectivity index (χ0) is 13.5. The number of nitrogens with one attached hydrogen (secondary N) is 1. The van der Waals surface area contributed by atoms with E-state index >= 15 is 0 Å². The molecule has 1 rings (SSSR count). The van der Waals surface area contributed by atoms with Gasteiger partial charge in [0.2, 0.25) is 0 Å². The van der Waals surface area contributed by atoms with Crippen molar-refractivity contribution in [1.29, 1.82) is 0 Å². The molecule has 3 nitrogen and oxygen atoms in total. The Bertz CT molecular complexity index is 367. The Kier molecular flexibility index (Phi) is 6.68. The highest BCUT2D eigenvalue weighted by molar-refractivity contribution is 9.10. The third-order valence-corrected chi connectivity index (χ3v) is 3.30. The van der Waals surface area contributed by atoms with Crippen LogP contribution in [-0.4, -0.2) is 23.9 Å². The molecule has 18 heavy (non-hydrogen) atoms. The Morgan fingerprint density at radius 3 is 2.67 bits per heavy atom. The molecule has 0 aromatic heterocycles. The first-order valence-corrected chi connectivity index (χ1v) is 7.11. The van der Waals surface area contributed by atoms with Crippen LogP contribution in [0, 0.1) is 0 Å². The third-order valence-electron chi connectivity index (χ3n) is 2.52. The number of aliphatic hydroxyl groups excluding tert-OH is 1. The molecule has 0 aliphatic heterocycles. The van der Waals surface area contributed by atoms with Gasteiger partial charge in [-0.2, -0.15) is 0 Å². The van der Waals surface area contributed by atoms with Crippen LogP contribution in [0.5, 0.6) is 5.75 Å². The summed E-state index contributed by atoms with van der Waals surface area (Å²) in [5.41, 5.74) is 1.18. The summed E-state index contributed by atoms with van der Waals surface area (Å²) in [7, 11) is 0. The van der Waals surface area contributed by atoms with E-state index < -0.39 is 0 Å². The van der Waals surface area contributed by atoms with Gasteiger partial charge in [-0.05, 0) is 30.7 Å². The van der Waals surface area contributed by atoms with Crippen molar-refractivity contribution >= 4 is 15.9 Å². The summed E-state index contributed by atoms with van der Waals surface area (Å²) in [5.74, 6) is 0.847. The molecule has 1 atom stereocenters. The van der Waals surface area contributed by atoms with Crippen LogP contribution in [-0.2, 0) is 6.54 Å². The molecule has 2 N–H and O–H groups in total. The average Bonchev–Trinajstić information content (AvgIpc) is 2.29. The first-order valence-electron chi connectivity index (χ1n) is 6.31. The van der Waals surface area contributed by atoms with Crippen LogP contribution in [0.2, 0.25) is 0 Å². The number of rotatable bonds is 7. The number of benzene rings is 1. The van der Waals surface area contributed by atoms with Gasteiger partial charge in [-0.15, -0.1) is 0 Å². The number of hydrogen-bond acceptors (Lipinski definition) is 3. The second-order valence-corrected chi connectivity index (χ2v) is 5.63. The molecule has 1 aromatic carbocycles. The van der Waals surface area contributed by atoms with Crippen LogP contribution < -0.4 is 10.1 Å². The van der Waals surface area contributed by atoms with Gasteiger partial charge in [0.05, 0.1) is 12.7 Å². The zero-order valence-corrected chi connectivity index (χ0v) is 12.8. The van der Waals surface area contributed by atoms with Gasteiger partial charge < -0.3 is 15.2 Å². The van der Waals surface area contributed by atoms with E-state index in [0.29, 0.717) is 19.1 Å². The standard InChI is InChI=1S/C14H22BrNO2/c1-10(2)16-9-12-8-13(4-5-14(12)15)18-7-6-11(3)17/h4-5,8,10-11,16-17H,6-7,9H2,1-3H3. The Labute approximate surface area is 118 Å². The third kappa shape index (κ3) is 5.85. The largest absolute Gasteiger partial charge is 0.493 e. The molecule has 0 saturated carbocycles. The number of halogens is 1.